The standard InChI is InChI=1S/C22H24N2O5S2/c1-27-18-9-11-19(12-10-18)31(25,26)24(17-7-8-17)13-16-15-30-22(23-16)14-29-21-6-4-3-5-20(21)28-2/h3-6,9-12,15,17H,7-8,13-14H2,1-2H3. The van der Waals surface area contributed by atoms with E-state index in [0.717, 1.165) is 17.8 Å². The summed E-state index contributed by atoms with van der Waals surface area (Å²) < 4.78 is 44.3. The van der Waals surface area contributed by atoms with E-state index in [1.807, 2.05) is 29.6 Å². The zero-order valence-electron chi connectivity index (χ0n) is 17.4. The molecule has 0 N–H and O–H groups in total. The normalized spacial score (nSPS) is 13.9. The van der Waals surface area contributed by atoms with Crippen LogP contribution in [0, 0.1) is 0 Å². The number of methoxy groups -OCH3 is 2. The number of ether oxygens (including phenoxy) is 3. The van der Waals surface area contributed by atoms with E-state index in [9.17, 15) is 8.42 Å². The van der Waals surface area contributed by atoms with E-state index in [1.165, 1.54) is 11.3 Å². The van der Waals surface area contributed by atoms with Crippen LogP contribution >= 0.6 is 11.3 Å². The SMILES string of the molecule is COc1ccc(S(=O)(=O)N(Cc2csc(COc3ccccc3OC)n2)C2CC2)cc1. The maximum Gasteiger partial charge on any atom is 0.243 e. The number of hydrogen-bond acceptors (Lipinski definition) is 7. The van der Waals surface area contributed by atoms with Crippen LogP contribution in [0.5, 0.6) is 17.2 Å². The van der Waals surface area contributed by atoms with Gasteiger partial charge in [0.05, 0.1) is 31.4 Å². The molecule has 2 aromatic carbocycles. The molecule has 1 saturated carbocycles. The summed E-state index contributed by atoms with van der Waals surface area (Å²) in [5, 5.41) is 2.67. The molecule has 0 atom stereocenters. The molecule has 0 amide bonds. The molecule has 1 aliphatic carbocycles. The second kappa shape index (κ2) is 9.25. The van der Waals surface area contributed by atoms with Crippen LogP contribution in [-0.2, 0) is 23.2 Å². The van der Waals surface area contributed by atoms with E-state index in [4.69, 9.17) is 14.2 Å². The predicted octanol–water partition coefficient (Wildman–Crippen LogP) is 4.09. The van der Waals surface area contributed by atoms with Crippen molar-refractivity contribution in [3.8, 4) is 17.2 Å². The number of para-hydroxylation sites is 2. The summed E-state index contributed by atoms with van der Waals surface area (Å²) in [7, 11) is -0.472. The number of aromatic nitrogens is 1. The smallest absolute Gasteiger partial charge is 0.243 e. The maximum absolute atomic E-state index is 13.2. The van der Waals surface area contributed by atoms with Crippen LogP contribution in [0.4, 0.5) is 0 Å². The lowest BCUT2D eigenvalue weighted by Gasteiger charge is -2.21. The van der Waals surface area contributed by atoms with Gasteiger partial charge in [-0.1, -0.05) is 12.1 Å². The van der Waals surface area contributed by atoms with Gasteiger partial charge >= 0.3 is 0 Å². The van der Waals surface area contributed by atoms with E-state index >= 15 is 0 Å². The Kier molecular flexibility index (Phi) is 6.45. The van der Waals surface area contributed by atoms with Gasteiger partial charge in [0.25, 0.3) is 0 Å². The fourth-order valence-electron chi connectivity index (χ4n) is 3.18. The fraction of sp³-hybridized carbons (Fsp3) is 0.318. The van der Waals surface area contributed by atoms with Crippen LogP contribution in [0.2, 0.25) is 0 Å². The maximum atomic E-state index is 13.2. The highest BCUT2D eigenvalue weighted by molar-refractivity contribution is 7.89. The van der Waals surface area contributed by atoms with Gasteiger partial charge in [0.15, 0.2) is 11.5 Å². The lowest BCUT2D eigenvalue weighted by molar-refractivity contribution is 0.283. The van der Waals surface area contributed by atoms with Crippen molar-refractivity contribution in [3.05, 3.63) is 64.6 Å². The van der Waals surface area contributed by atoms with E-state index in [2.05, 4.69) is 4.98 Å². The van der Waals surface area contributed by atoms with Gasteiger partial charge in [-0.2, -0.15) is 4.31 Å². The molecule has 1 aromatic heterocycles. The van der Waals surface area contributed by atoms with Crippen LogP contribution in [0.25, 0.3) is 0 Å². The molecule has 0 radical (unpaired) electrons. The Labute approximate surface area is 186 Å². The van der Waals surface area contributed by atoms with Crippen molar-refractivity contribution >= 4 is 21.4 Å². The predicted molar refractivity (Wildman–Crippen MR) is 118 cm³/mol. The summed E-state index contributed by atoms with van der Waals surface area (Å²) >= 11 is 1.45. The molecular weight excluding hydrogens is 436 g/mol. The van der Waals surface area contributed by atoms with Gasteiger partial charge in [-0.3, -0.25) is 0 Å². The quantitative estimate of drug-likeness (QED) is 0.453. The molecule has 0 saturated heterocycles. The van der Waals surface area contributed by atoms with Crippen LogP contribution < -0.4 is 14.2 Å². The number of hydrogen-bond donors (Lipinski definition) is 0. The molecule has 7 nitrogen and oxygen atoms in total. The first-order chi connectivity index (χ1) is 15.0. The Morgan fingerprint density at radius 2 is 1.74 bits per heavy atom. The van der Waals surface area contributed by atoms with Gasteiger partial charge in [-0.25, -0.2) is 13.4 Å². The fourth-order valence-corrected chi connectivity index (χ4v) is 5.53. The number of thiazole rings is 1. The molecule has 3 aromatic rings. The third kappa shape index (κ3) is 5.00. The average Bonchev–Trinajstić information content (AvgIpc) is 3.54. The zero-order chi connectivity index (χ0) is 21.8. The van der Waals surface area contributed by atoms with Gasteiger partial charge in [0.1, 0.15) is 17.4 Å². The van der Waals surface area contributed by atoms with Crippen molar-refractivity contribution in [3.63, 3.8) is 0 Å². The Hall–Kier alpha value is -2.62. The highest BCUT2D eigenvalue weighted by atomic mass is 32.2. The van der Waals surface area contributed by atoms with E-state index in [0.29, 0.717) is 29.5 Å². The van der Waals surface area contributed by atoms with E-state index < -0.39 is 10.0 Å². The Bertz CT molecular complexity index is 1120. The summed E-state index contributed by atoms with van der Waals surface area (Å²) in [6, 6.07) is 13.9. The second-order valence-electron chi connectivity index (χ2n) is 7.13. The largest absolute Gasteiger partial charge is 0.497 e. The first-order valence-corrected chi connectivity index (χ1v) is 12.2. The number of benzene rings is 2. The van der Waals surface area contributed by atoms with Crippen molar-refractivity contribution in [1.29, 1.82) is 0 Å². The van der Waals surface area contributed by atoms with Gasteiger partial charge in [-0.15, -0.1) is 11.3 Å². The summed E-state index contributed by atoms with van der Waals surface area (Å²) in [4.78, 5) is 4.85. The van der Waals surface area contributed by atoms with Crippen LogP contribution in [0.3, 0.4) is 0 Å². The highest BCUT2D eigenvalue weighted by Gasteiger charge is 2.38. The van der Waals surface area contributed by atoms with Crippen molar-refractivity contribution < 1.29 is 22.6 Å². The van der Waals surface area contributed by atoms with Crippen molar-refractivity contribution in [2.45, 2.75) is 36.9 Å². The molecule has 0 bridgehead atoms. The Morgan fingerprint density at radius 3 is 2.39 bits per heavy atom. The molecule has 4 rings (SSSR count). The molecule has 164 valence electrons. The molecule has 0 unspecified atom stereocenters. The monoisotopic (exact) mass is 460 g/mol. The summed E-state index contributed by atoms with van der Waals surface area (Å²) in [5.41, 5.74) is 0.715. The van der Waals surface area contributed by atoms with Crippen LogP contribution in [-0.4, -0.2) is 38.0 Å². The summed E-state index contributed by atoms with van der Waals surface area (Å²) in [5.74, 6) is 1.92. The van der Waals surface area contributed by atoms with Crippen LogP contribution in [0.15, 0.2) is 58.8 Å². The van der Waals surface area contributed by atoms with E-state index in [1.54, 1.807) is 42.8 Å². The van der Waals surface area contributed by atoms with Crippen molar-refractivity contribution in [1.82, 2.24) is 9.29 Å². The van der Waals surface area contributed by atoms with Crippen LogP contribution in [0.1, 0.15) is 23.5 Å². The number of sulfonamides is 1. The molecule has 1 aliphatic rings. The minimum atomic E-state index is -3.62. The van der Waals surface area contributed by atoms with Crippen molar-refractivity contribution in [2.75, 3.05) is 14.2 Å². The number of rotatable bonds is 10. The van der Waals surface area contributed by atoms with Gasteiger partial charge in [0, 0.05) is 11.4 Å². The topological polar surface area (TPSA) is 78.0 Å². The molecule has 1 fully saturated rings. The molecule has 31 heavy (non-hydrogen) atoms. The Morgan fingerprint density at radius 1 is 1.03 bits per heavy atom. The van der Waals surface area contributed by atoms with E-state index in [-0.39, 0.29) is 17.5 Å². The highest BCUT2D eigenvalue weighted by Crippen LogP contribution is 2.34. The van der Waals surface area contributed by atoms with Gasteiger partial charge in [0.2, 0.25) is 10.0 Å². The minimum absolute atomic E-state index is 0.0158. The second-order valence-corrected chi connectivity index (χ2v) is 9.96. The average molecular weight is 461 g/mol. The Balaban J connectivity index is 1.46. The van der Waals surface area contributed by atoms with Gasteiger partial charge < -0.3 is 14.2 Å². The lowest BCUT2D eigenvalue weighted by Crippen LogP contribution is -2.32. The molecule has 1 heterocycles. The van der Waals surface area contributed by atoms with Gasteiger partial charge in [-0.05, 0) is 49.2 Å². The molecule has 9 heteroatoms. The third-order valence-corrected chi connectivity index (χ3v) is 7.74. The first-order valence-electron chi connectivity index (χ1n) is 9.86. The molecule has 0 aliphatic heterocycles. The molecule has 0 spiro atoms. The summed E-state index contributed by atoms with van der Waals surface area (Å²) in [6.07, 6.45) is 1.73. The van der Waals surface area contributed by atoms with Crippen molar-refractivity contribution in [2.24, 2.45) is 0 Å². The first kappa shape index (κ1) is 21.6. The third-order valence-electron chi connectivity index (χ3n) is 4.96. The minimum Gasteiger partial charge on any atom is -0.497 e. The molecular formula is C22H24N2O5S2. The zero-order valence-corrected chi connectivity index (χ0v) is 19.0. The lowest BCUT2D eigenvalue weighted by atomic mass is 10.3. The number of nitrogens with zero attached hydrogens (tertiary/aromatic N) is 2. The summed E-state index contributed by atoms with van der Waals surface area (Å²) in [6.45, 7) is 0.532.